The molecule has 0 aliphatic heterocycles. The molecule has 5 heteroatoms. The molecule has 0 unspecified atom stereocenters. The summed E-state index contributed by atoms with van der Waals surface area (Å²) in [5, 5.41) is 2.86. The van der Waals surface area contributed by atoms with E-state index in [0.29, 0.717) is 10.3 Å². The van der Waals surface area contributed by atoms with E-state index in [2.05, 4.69) is 26.2 Å². The Labute approximate surface area is 127 Å². The van der Waals surface area contributed by atoms with Crippen LogP contribution in [0.4, 0.5) is 11.4 Å². The zero-order chi connectivity index (χ0) is 14.7. The van der Waals surface area contributed by atoms with Gasteiger partial charge in [0.05, 0.1) is 0 Å². The number of pyridine rings is 1. The number of rotatable bonds is 3. The van der Waals surface area contributed by atoms with Crippen LogP contribution in [0.1, 0.15) is 16.1 Å². The Bertz CT molecular complexity index is 641. The van der Waals surface area contributed by atoms with Gasteiger partial charge in [-0.05, 0) is 52.7 Å². The summed E-state index contributed by atoms with van der Waals surface area (Å²) in [4.78, 5) is 18.3. The average molecular weight is 334 g/mol. The van der Waals surface area contributed by atoms with E-state index in [4.69, 9.17) is 0 Å². The predicted molar refractivity (Wildman–Crippen MR) is 85.4 cm³/mol. The van der Waals surface area contributed by atoms with E-state index < -0.39 is 0 Å². The van der Waals surface area contributed by atoms with Crippen molar-refractivity contribution in [3.8, 4) is 0 Å². The highest BCUT2D eigenvalue weighted by molar-refractivity contribution is 9.10. The number of aryl methyl sites for hydroxylation is 1. The first-order valence-corrected chi connectivity index (χ1v) is 6.98. The Kier molecular flexibility index (Phi) is 4.39. The molecule has 2 aromatic rings. The molecule has 4 nitrogen and oxygen atoms in total. The van der Waals surface area contributed by atoms with Crippen LogP contribution in [-0.2, 0) is 0 Å². The Morgan fingerprint density at radius 2 is 2.00 bits per heavy atom. The minimum Gasteiger partial charge on any atom is -0.377 e. The number of amides is 1. The number of carbonyl (C=O) groups excluding carboxylic acids is 1. The third kappa shape index (κ3) is 3.36. The molecule has 0 radical (unpaired) electrons. The molecular formula is C15H16BrN3O. The standard InChI is InChI=1S/C15H16BrN3O/c1-10-7-8-11(9-13(10)19(2)3)17-15(20)12-5-4-6-14(16)18-12/h4-9H,1-3H3,(H,17,20). The van der Waals surface area contributed by atoms with E-state index in [1.54, 1.807) is 18.2 Å². The van der Waals surface area contributed by atoms with Gasteiger partial charge in [0.15, 0.2) is 0 Å². The summed E-state index contributed by atoms with van der Waals surface area (Å²) in [6.07, 6.45) is 0. The van der Waals surface area contributed by atoms with Gasteiger partial charge >= 0.3 is 0 Å². The molecule has 1 aromatic heterocycles. The molecule has 0 fully saturated rings. The number of halogens is 1. The lowest BCUT2D eigenvalue weighted by Gasteiger charge is -2.17. The fourth-order valence-electron chi connectivity index (χ4n) is 1.90. The molecule has 1 N–H and O–H groups in total. The number of nitrogens with zero attached hydrogens (tertiary/aromatic N) is 2. The van der Waals surface area contributed by atoms with Gasteiger partial charge in [-0.3, -0.25) is 4.79 Å². The van der Waals surface area contributed by atoms with Crippen molar-refractivity contribution in [3.05, 3.63) is 52.3 Å². The highest BCUT2D eigenvalue weighted by Crippen LogP contribution is 2.22. The summed E-state index contributed by atoms with van der Waals surface area (Å²) < 4.78 is 0.642. The van der Waals surface area contributed by atoms with Crippen LogP contribution in [0, 0.1) is 6.92 Å². The third-order valence-electron chi connectivity index (χ3n) is 2.90. The van der Waals surface area contributed by atoms with Gasteiger partial charge in [0.2, 0.25) is 0 Å². The summed E-state index contributed by atoms with van der Waals surface area (Å²) in [6.45, 7) is 2.04. The summed E-state index contributed by atoms with van der Waals surface area (Å²) in [5.41, 5.74) is 3.37. The lowest BCUT2D eigenvalue weighted by atomic mass is 10.1. The van der Waals surface area contributed by atoms with E-state index in [1.807, 2.05) is 44.1 Å². The van der Waals surface area contributed by atoms with Crippen molar-refractivity contribution in [2.75, 3.05) is 24.3 Å². The summed E-state index contributed by atoms with van der Waals surface area (Å²) in [7, 11) is 3.95. The smallest absolute Gasteiger partial charge is 0.274 e. The molecule has 1 amide bonds. The van der Waals surface area contributed by atoms with E-state index in [9.17, 15) is 4.79 Å². The van der Waals surface area contributed by atoms with Gasteiger partial charge in [-0.1, -0.05) is 12.1 Å². The van der Waals surface area contributed by atoms with Gasteiger partial charge in [-0.15, -0.1) is 0 Å². The first kappa shape index (κ1) is 14.5. The van der Waals surface area contributed by atoms with Gasteiger partial charge in [-0.2, -0.15) is 0 Å². The number of anilines is 2. The maximum Gasteiger partial charge on any atom is 0.274 e. The SMILES string of the molecule is Cc1ccc(NC(=O)c2cccc(Br)n2)cc1N(C)C. The van der Waals surface area contributed by atoms with Crippen molar-refractivity contribution < 1.29 is 4.79 Å². The van der Waals surface area contributed by atoms with Crippen molar-refractivity contribution in [2.24, 2.45) is 0 Å². The van der Waals surface area contributed by atoms with E-state index in [-0.39, 0.29) is 5.91 Å². The largest absolute Gasteiger partial charge is 0.377 e. The number of hydrogen-bond donors (Lipinski definition) is 1. The number of aromatic nitrogens is 1. The van der Waals surface area contributed by atoms with Crippen LogP contribution in [0.3, 0.4) is 0 Å². The van der Waals surface area contributed by atoms with Crippen molar-refractivity contribution in [1.29, 1.82) is 0 Å². The molecule has 1 heterocycles. The Morgan fingerprint density at radius 3 is 2.65 bits per heavy atom. The van der Waals surface area contributed by atoms with Crippen LogP contribution in [0.5, 0.6) is 0 Å². The van der Waals surface area contributed by atoms with Crippen molar-refractivity contribution >= 4 is 33.2 Å². The molecular weight excluding hydrogens is 318 g/mol. The minimum absolute atomic E-state index is 0.222. The van der Waals surface area contributed by atoms with Gasteiger partial charge in [0.25, 0.3) is 5.91 Å². The van der Waals surface area contributed by atoms with Gasteiger partial charge in [0.1, 0.15) is 10.3 Å². The monoisotopic (exact) mass is 333 g/mol. The zero-order valence-electron chi connectivity index (χ0n) is 11.6. The highest BCUT2D eigenvalue weighted by Gasteiger charge is 2.09. The Balaban J connectivity index is 2.22. The molecule has 0 saturated carbocycles. The highest BCUT2D eigenvalue weighted by atomic mass is 79.9. The maximum absolute atomic E-state index is 12.1. The van der Waals surface area contributed by atoms with E-state index >= 15 is 0 Å². The summed E-state index contributed by atoms with van der Waals surface area (Å²) in [5.74, 6) is -0.222. The topological polar surface area (TPSA) is 45.2 Å². The number of benzene rings is 1. The number of carbonyl (C=O) groups is 1. The van der Waals surface area contributed by atoms with Crippen molar-refractivity contribution in [3.63, 3.8) is 0 Å². The lowest BCUT2D eigenvalue weighted by molar-refractivity contribution is 0.102. The molecule has 0 spiro atoms. The molecule has 20 heavy (non-hydrogen) atoms. The lowest BCUT2D eigenvalue weighted by Crippen LogP contribution is -2.15. The molecule has 0 bridgehead atoms. The molecule has 0 saturated heterocycles. The van der Waals surface area contributed by atoms with Crippen LogP contribution >= 0.6 is 15.9 Å². The molecule has 104 valence electrons. The molecule has 0 atom stereocenters. The number of nitrogens with one attached hydrogen (secondary N) is 1. The third-order valence-corrected chi connectivity index (χ3v) is 3.34. The number of hydrogen-bond acceptors (Lipinski definition) is 3. The maximum atomic E-state index is 12.1. The van der Waals surface area contributed by atoms with Gasteiger partial charge in [0, 0.05) is 25.5 Å². The molecule has 0 aliphatic rings. The first-order valence-electron chi connectivity index (χ1n) is 6.19. The zero-order valence-corrected chi connectivity index (χ0v) is 13.2. The fraction of sp³-hybridized carbons (Fsp3) is 0.200. The van der Waals surface area contributed by atoms with Gasteiger partial charge < -0.3 is 10.2 Å². The minimum atomic E-state index is -0.222. The van der Waals surface area contributed by atoms with Crippen LogP contribution < -0.4 is 10.2 Å². The summed E-state index contributed by atoms with van der Waals surface area (Å²) in [6, 6.07) is 11.1. The van der Waals surface area contributed by atoms with Crippen LogP contribution in [-0.4, -0.2) is 25.0 Å². The second-order valence-electron chi connectivity index (χ2n) is 4.70. The second-order valence-corrected chi connectivity index (χ2v) is 5.51. The van der Waals surface area contributed by atoms with E-state index in [0.717, 1.165) is 16.9 Å². The fourth-order valence-corrected chi connectivity index (χ4v) is 2.24. The quantitative estimate of drug-likeness (QED) is 0.874. The second kappa shape index (κ2) is 6.05. The Hall–Kier alpha value is -1.88. The predicted octanol–water partition coefficient (Wildman–Crippen LogP) is 3.47. The average Bonchev–Trinajstić information content (AvgIpc) is 2.40. The van der Waals surface area contributed by atoms with Crippen molar-refractivity contribution in [1.82, 2.24) is 4.98 Å². The van der Waals surface area contributed by atoms with Crippen molar-refractivity contribution in [2.45, 2.75) is 6.92 Å². The molecule has 0 aliphatic carbocycles. The summed E-state index contributed by atoms with van der Waals surface area (Å²) >= 11 is 3.26. The van der Waals surface area contributed by atoms with Gasteiger partial charge in [-0.25, -0.2) is 4.98 Å². The van der Waals surface area contributed by atoms with Crippen LogP contribution in [0.2, 0.25) is 0 Å². The van der Waals surface area contributed by atoms with Crippen LogP contribution in [0.15, 0.2) is 41.0 Å². The van der Waals surface area contributed by atoms with Crippen LogP contribution in [0.25, 0.3) is 0 Å². The first-order chi connectivity index (χ1) is 9.47. The van der Waals surface area contributed by atoms with E-state index in [1.165, 1.54) is 0 Å². The normalized spacial score (nSPS) is 10.2. The Morgan fingerprint density at radius 1 is 1.25 bits per heavy atom. The molecule has 2 rings (SSSR count). The molecule has 1 aromatic carbocycles.